The molecule has 0 aliphatic carbocycles. The number of anilines is 1. The molecule has 1 rings (SSSR count). The quantitative estimate of drug-likeness (QED) is 0.841. The molecule has 0 radical (unpaired) electrons. The van der Waals surface area contributed by atoms with Gasteiger partial charge in [0.05, 0.1) is 11.6 Å². The summed E-state index contributed by atoms with van der Waals surface area (Å²) >= 11 is 0. The molecule has 0 heterocycles. The van der Waals surface area contributed by atoms with E-state index in [1.54, 1.807) is 24.3 Å². The van der Waals surface area contributed by atoms with Gasteiger partial charge in [0.1, 0.15) is 0 Å². The van der Waals surface area contributed by atoms with Crippen molar-refractivity contribution in [2.24, 2.45) is 0 Å². The highest BCUT2D eigenvalue weighted by Gasteiger charge is 2.03. The number of carbonyl (C=O) groups is 1. The summed E-state index contributed by atoms with van der Waals surface area (Å²) in [5.74, 6) is -0.00462. The first-order valence-electron chi connectivity index (χ1n) is 5.64. The van der Waals surface area contributed by atoms with E-state index in [9.17, 15) is 4.79 Å². The fraction of sp³-hybridized carbons (Fsp3) is 0.385. The van der Waals surface area contributed by atoms with Crippen LogP contribution in [0.5, 0.6) is 0 Å². The number of carbonyl (C=O) groups excluding carboxylic acids is 1. The second-order valence-corrected chi connectivity index (χ2v) is 3.88. The smallest absolute Gasteiger partial charge is 0.225 e. The fourth-order valence-electron chi connectivity index (χ4n) is 1.30. The third-order valence-electron chi connectivity index (χ3n) is 2.56. The maximum Gasteiger partial charge on any atom is 0.225 e. The monoisotopic (exact) mass is 231 g/mol. The third-order valence-corrected chi connectivity index (χ3v) is 2.56. The van der Waals surface area contributed by atoms with Gasteiger partial charge in [0, 0.05) is 18.7 Å². The Bertz CT molecular complexity index is 406. The molecule has 90 valence electrons. The average Bonchev–Trinajstić information content (AvgIpc) is 2.36. The van der Waals surface area contributed by atoms with Gasteiger partial charge in [-0.25, -0.2) is 0 Å². The maximum absolute atomic E-state index is 11.6. The molecule has 4 nitrogen and oxygen atoms in total. The van der Waals surface area contributed by atoms with Gasteiger partial charge >= 0.3 is 0 Å². The summed E-state index contributed by atoms with van der Waals surface area (Å²) < 4.78 is 0. The lowest BCUT2D eigenvalue weighted by atomic mass is 10.2. The Balaban J connectivity index is 2.43. The van der Waals surface area contributed by atoms with Crippen molar-refractivity contribution in [1.82, 2.24) is 4.90 Å². The molecule has 0 atom stereocenters. The van der Waals surface area contributed by atoms with E-state index in [2.05, 4.69) is 17.1 Å². The normalized spacial score (nSPS) is 10.0. The molecular weight excluding hydrogens is 214 g/mol. The zero-order chi connectivity index (χ0) is 12.7. The van der Waals surface area contributed by atoms with Crippen LogP contribution >= 0.6 is 0 Å². The zero-order valence-corrected chi connectivity index (χ0v) is 10.2. The molecule has 0 aliphatic heterocycles. The molecule has 1 aromatic carbocycles. The molecule has 1 N–H and O–H groups in total. The van der Waals surface area contributed by atoms with Gasteiger partial charge in [-0.1, -0.05) is 6.92 Å². The molecule has 0 saturated carbocycles. The SMILES string of the molecule is CCN(C)CCC(=O)Nc1ccc(C#N)cc1. The van der Waals surface area contributed by atoms with Crippen molar-refractivity contribution >= 4 is 11.6 Å². The van der Waals surface area contributed by atoms with Crippen LogP contribution in [0.4, 0.5) is 5.69 Å². The minimum Gasteiger partial charge on any atom is -0.326 e. The molecule has 0 aromatic heterocycles. The van der Waals surface area contributed by atoms with Crippen LogP contribution in [-0.4, -0.2) is 30.9 Å². The Morgan fingerprint density at radius 2 is 2.06 bits per heavy atom. The van der Waals surface area contributed by atoms with Crippen molar-refractivity contribution < 1.29 is 4.79 Å². The van der Waals surface area contributed by atoms with Crippen LogP contribution in [-0.2, 0) is 4.79 Å². The van der Waals surface area contributed by atoms with Gasteiger partial charge in [-0.2, -0.15) is 5.26 Å². The molecule has 0 unspecified atom stereocenters. The number of hydrogen-bond acceptors (Lipinski definition) is 3. The first kappa shape index (κ1) is 13.2. The Kier molecular flexibility index (Phi) is 5.18. The molecule has 0 saturated heterocycles. The van der Waals surface area contributed by atoms with Crippen LogP contribution in [0.3, 0.4) is 0 Å². The van der Waals surface area contributed by atoms with Crippen molar-refractivity contribution in [3.05, 3.63) is 29.8 Å². The number of nitriles is 1. The van der Waals surface area contributed by atoms with Crippen LogP contribution in [0.25, 0.3) is 0 Å². The molecule has 0 spiro atoms. The van der Waals surface area contributed by atoms with Crippen LogP contribution in [0.2, 0.25) is 0 Å². The largest absolute Gasteiger partial charge is 0.326 e. The van der Waals surface area contributed by atoms with E-state index in [1.807, 2.05) is 13.1 Å². The van der Waals surface area contributed by atoms with Crippen LogP contribution in [0, 0.1) is 11.3 Å². The van der Waals surface area contributed by atoms with Crippen LogP contribution in [0.1, 0.15) is 18.9 Å². The highest BCUT2D eigenvalue weighted by atomic mass is 16.1. The number of amides is 1. The van der Waals surface area contributed by atoms with Gasteiger partial charge < -0.3 is 10.2 Å². The number of rotatable bonds is 5. The molecule has 0 aliphatic rings. The predicted molar refractivity (Wildman–Crippen MR) is 67.6 cm³/mol. The van der Waals surface area contributed by atoms with Gasteiger partial charge in [0.25, 0.3) is 0 Å². The highest BCUT2D eigenvalue weighted by Crippen LogP contribution is 2.09. The Morgan fingerprint density at radius 1 is 1.41 bits per heavy atom. The second-order valence-electron chi connectivity index (χ2n) is 3.88. The van der Waals surface area contributed by atoms with E-state index >= 15 is 0 Å². The van der Waals surface area contributed by atoms with E-state index in [-0.39, 0.29) is 5.91 Å². The minimum atomic E-state index is -0.00462. The molecule has 1 amide bonds. The first-order valence-corrected chi connectivity index (χ1v) is 5.64. The van der Waals surface area contributed by atoms with Gasteiger partial charge in [0.15, 0.2) is 0 Å². The van der Waals surface area contributed by atoms with Gasteiger partial charge in [-0.15, -0.1) is 0 Å². The topological polar surface area (TPSA) is 56.1 Å². The molecule has 0 fully saturated rings. The van der Waals surface area contributed by atoms with Crippen molar-refractivity contribution in [1.29, 1.82) is 5.26 Å². The molecule has 17 heavy (non-hydrogen) atoms. The first-order chi connectivity index (χ1) is 8.15. The van der Waals surface area contributed by atoms with Crippen LogP contribution in [0.15, 0.2) is 24.3 Å². The molecule has 4 heteroatoms. The Labute approximate surface area is 102 Å². The number of nitrogens with zero attached hydrogens (tertiary/aromatic N) is 2. The molecular formula is C13H17N3O. The number of benzene rings is 1. The van der Waals surface area contributed by atoms with Crippen molar-refractivity contribution in [3.63, 3.8) is 0 Å². The summed E-state index contributed by atoms with van der Waals surface area (Å²) in [6, 6.07) is 8.88. The number of nitrogens with one attached hydrogen (secondary N) is 1. The summed E-state index contributed by atoms with van der Waals surface area (Å²) in [5.41, 5.74) is 1.32. The Morgan fingerprint density at radius 3 is 2.59 bits per heavy atom. The molecule has 1 aromatic rings. The minimum absolute atomic E-state index is 0.00462. The molecule has 0 bridgehead atoms. The highest BCUT2D eigenvalue weighted by molar-refractivity contribution is 5.90. The average molecular weight is 231 g/mol. The second kappa shape index (κ2) is 6.66. The van der Waals surface area contributed by atoms with Crippen molar-refractivity contribution in [3.8, 4) is 6.07 Å². The lowest BCUT2D eigenvalue weighted by Gasteiger charge is -2.13. The van der Waals surface area contributed by atoms with Crippen molar-refractivity contribution in [2.75, 3.05) is 25.5 Å². The summed E-state index contributed by atoms with van der Waals surface area (Å²) in [4.78, 5) is 13.7. The van der Waals surface area contributed by atoms with E-state index in [1.165, 1.54) is 0 Å². The summed E-state index contributed by atoms with van der Waals surface area (Å²) in [7, 11) is 1.98. The number of hydrogen-bond donors (Lipinski definition) is 1. The fourth-order valence-corrected chi connectivity index (χ4v) is 1.30. The van der Waals surface area contributed by atoms with Gasteiger partial charge in [-0.05, 0) is 37.9 Å². The Hall–Kier alpha value is -1.86. The summed E-state index contributed by atoms with van der Waals surface area (Å²) in [6.07, 6.45) is 0.477. The standard InChI is InChI=1S/C13H17N3O/c1-3-16(2)9-8-13(17)15-12-6-4-11(10-14)5-7-12/h4-7H,3,8-9H2,1-2H3,(H,15,17). The summed E-state index contributed by atoms with van der Waals surface area (Å²) in [6.45, 7) is 3.74. The van der Waals surface area contributed by atoms with Gasteiger partial charge in [0.2, 0.25) is 5.91 Å². The maximum atomic E-state index is 11.6. The van der Waals surface area contributed by atoms with Crippen molar-refractivity contribution in [2.45, 2.75) is 13.3 Å². The van der Waals surface area contributed by atoms with Crippen LogP contribution < -0.4 is 5.32 Å². The van der Waals surface area contributed by atoms with E-state index in [0.29, 0.717) is 12.0 Å². The third kappa shape index (κ3) is 4.66. The van der Waals surface area contributed by atoms with E-state index in [0.717, 1.165) is 18.8 Å². The zero-order valence-electron chi connectivity index (χ0n) is 10.2. The van der Waals surface area contributed by atoms with E-state index < -0.39 is 0 Å². The summed E-state index contributed by atoms with van der Waals surface area (Å²) in [5, 5.41) is 11.4. The predicted octanol–water partition coefficient (Wildman–Crippen LogP) is 1.84. The van der Waals surface area contributed by atoms with Gasteiger partial charge in [-0.3, -0.25) is 4.79 Å². The lowest BCUT2D eigenvalue weighted by molar-refractivity contribution is -0.116. The van der Waals surface area contributed by atoms with E-state index in [4.69, 9.17) is 5.26 Å². The lowest BCUT2D eigenvalue weighted by Crippen LogP contribution is -2.23.